The summed E-state index contributed by atoms with van der Waals surface area (Å²) < 4.78 is 11.6. The van der Waals surface area contributed by atoms with Crippen molar-refractivity contribution in [2.75, 3.05) is 26.8 Å². The first kappa shape index (κ1) is 29.0. The Morgan fingerprint density at radius 1 is 1.19 bits per heavy atom. The molecule has 4 N–H and O–H groups in total. The predicted octanol–water partition coefficient (Wildman–Crippen LogP) is 1.66. The first-order chi connectivity index (χ1) is 20.3. The Morgan fingerprint density at radius 3 is 2.67 bits per heavy atom. The molecule has 11 heteroatoms. The number of aliphatic hydroxyl groups is 2. The third-order valence-corrected chi connectivity index (χ3v) is 7.80. The van der Waals surface area contributed by atoms with Crippen LogP contribution in [0.4, 0.5) is 0 Å². The second kappa shape index (κ2) is 12.2. The van der Waals surface area contributed by atoms with Gasteiger partial charge in [-0.25, -0.2) is 0 Å². The second-order valence-electron chi connectivity index (χ2n) is 10.3. The number of nitrogens with zero attached hydrogens (tertiary/aromatic N) is 1. The summed E-state index contributed by atoms with van der Waals surface area (Å²) in [7, 11) is 1.42. The summed E-state index contributed by atoms with van der Waals surface area (Å²) >= 11 is 0. The largest absolute Gasteiger partial charge is 0.493 e. The van der Waals surface area contributed by atoms with Crippen molar-refractivity contribution >= 4 is 34.8 Å². The van der Waals surface area contributed by atoms with Gasteiger partial charge in [0, 0.05) is 53.8 Å². The zero-order chi connectivity index (χ0) is 30.0. The fourth-order valence-electron chi connectivity index (χ4n) is 5.77. The van der Waals surface area contributed by atoms with E-state index in [1.54, 1.807) is 13.0 Å². The maximum Gasteiger partial charge on any atom is 0.290 e. The van der Waals surface area contributed by atoms with Gasteiger partial charge in [0.1, 0.15) is 18.5 Å². The molecule has 42 heavy (non-hydrogen) atoms. The molecule has 11 nitrogen and oxygen atoms in total. The van der Waals surface area contributed by atoms with E-state index in [-0.39, 0.29) is 43.2 Å². The van der Waals surface area contributed by atoms with Crippen molar-refractivity contribution in [3.05, 3.63) is 70.9 Å². The molecule has 0 saturated carbocycles. The lowest BCUT2D eigenvalue weighted by Crippen LogP contribution is -2.57. The average Bonchev–Trinajstić information content (AvgIpc) is 3.61. The number of methoxy groups -OCH3 is 1. The highest BCUT2D eigenvalue weighted by atomic mass is 16.5. The van der Waals surface area contributed by atoms with E-state index in [0.717, 1.165) is 16.6 Å². The molecule has 0 fully saturated rings. The van der Waals surface area contributed by atoms with Crippen molar-refractivity contribution in [2.45, 2.75) is 43.9 Å². The van der Waals surface area contributed by atoms with Crippen molar-refractivity contribution in [1.29, 1.82) is 0 Å². The van der Waals surface area contributed by atoms with E-state index < -0.39 is 41.8 Å². The number of benzene rings is 2. The second-order valence-corrected chi connectivity index (χ2v) is 10.3. The van der Waals surface area contributed by atoms with Crippen LogP contribution in [0.3, 0.4) is 0 Å². The van der Waals surface area contributed by atoms with Crippen LogP contribution in [0.5, 0.6) is 11.5 Å². The maximum atomic E-state index is 13.4. The minimum atomic E-state index is -1.34. The van der Waals surface area contributed by atoms with Crippen LogP contribution in [0, 0.1) is 0 Å². The Balaban J connectivity index is 1.56. The van der Waals surface area contributed by atoms with Gasteiger partial charge in [-0.15, -0.1) is 0 Å². The number of rotatable bonds is 11. The van der Waals surface area contributed by atoms with Gasteiger partial charge in [-0.2, -0.15) is 0 Å². The van der Waals surface area contributed by atoms with E-state index in [9.17, 15) is 29.4 Å². The molecule has 4 unspecified atom stereocenters. The smallest absolute Gasteiger partial charge is 0.290 e. The van der Waals surface area contributed by atoms with E-state index in [1.165, 1.54) is 24.2 Å². The molecule has 1 aliphatic heterocycles. The molecule has 5 rings (SSSR count). The topological polar surface area (TPSA) is 158 Å². The fourth-order valence-corrected chi connectivity index (χ4v) is 5.77. The minimum absolute atomic E-state index is 0.0243. The first-order valence-corrected chi connectivity index (χ1v) is 13.8. The monoisotopic (exact) mass is 575 g/mol. The third kappa shape index (κ3) is 5.28. The van der Waals surface area contributed by atoms with Gasteiger partial charge in [-0.05, 0) is 35.7 Å². The molecule has 0 spiro atoms. The predicted molar refractivity (Wildman–Crippen MR) is 153 cm³/mol. The molecule has 0 bridgehead atoms. The number of hydrogen-bond donors (Lipinski definition) is 4. The standard InChI is InChI=1S/C31H33N3O8/c1-3-24(37)31(40)34(10-8-19-14-18-6-4-5-7-22(18)33-19)23-15-21(30(39)32-9-11-35)26-20-12-17(16-36)13-25(41-2)28(20)42-29(26)27(23)38/h4-7,12-16,23,26-27,29,33,35,38H,3,8-11H2,1-2H3,(H,32,39). The van der Waals surface area contributed by atoms with Crippen LogP contribution in [0.1, 0.15) is 40.9 Å². The number of aliphatic hydroxyl groups excluding tert-OH is 2. The van der Waals surface area contributed by atoms with Crippen molar-refractivity contribution < 1.29 is 38.9 Å². The zero-order valence-corrected chi connectivity index (χ0v) is 23.3. The summed E-state index contributed by atoms with van der Waals surface area (Å²) in [6, 6.07) is 11.7. The van der Waals surface area contributed by atoms with E-state index in [0.29, 0.717) is 23.8 Å². The lowest BCUT2D eigenvalue weighted by atomic mass is 9.77. The summed E-state index contributed by atoms with van der Waals surface area (Å²) in [6.07, 6.45) is 0.0969. The van der Waals surface area contributed by atoms with Gasteiger partial charge in [-0.3, -0.25) is 19.2 Å². The van der Waals surface area contributed by atoms with E-state index in [1.807, 2.05) is 30.3 Å². The normalized spacial score (nSPS) is 20.6. The Hall–Kier alpha value is -4.48. The van der Waals surface area contributed by atoms with Gasteiger partial charge in [0.15, 0.2) is 11.5 Å². The highest BCUT2D eigenvalue weighted by Crippen LogP contribution is 2.51. The number of H-pyrrole nitrogens is 1. The van der Waals surface area contributed by atoms with Gasteiger partial charge in [0.25, 0.3) is 5.91 Å². The van der Waals surface area contributed by atoms with Crippen LogP contribution < -0.4 is 14.8 Å². The fraction of sp³-hybridized carbons (Fsp3) is 0.355. The summed E-state index contributed by atoms with van der Waals surface area (Å²) in [6.45, 7) is 1.34. The average molecular weight is 576 g/mol. The van der Waals surface area contributed by atoms with Crippen LogP contribution in [0.15, 0.2) is 54.1 Å². The highest BCUT2D eigenvalue weighted by molar-refractivity contribution is 6.36. The van der Waals surface area contributed by atoms with Gasteiger partial charge in [-0.1, -0.05) is 25.1 Å². The number of aromatic nitrogens is 1. The number of carbonyl (C=O) groups excluding carboxylic acids is 4. The minimum Gasteiger partial charge on any atom is -0.493 e. The molecule has 0 saturated heterocycles. The number of ether oxygens (including phenoxy) is 2. The Morgan fingerprint density at radius 2 is 1.98 bits per heavy atom. The number of para-hydroxylation sites is 1. The molecule has 2 aromatic carbocycles. The number of ketones is 1. The SMILES string of the molecule is CCC(=O)C(=O)N(CCc1cc2ccccc2[nH]1)C1C=C(C(=O)NCCO)C2c3cc(C=O)cc(OC)c3OC2C1O. The number of aldehydes is 1. The van der Waals surface area contributed by atoms with E-state index in [2.05, 4.69) is 10.3 Å². The molecule has 1 aliphatic carbocycles. The summed E-state index contributed by atoms with van der Waals surface area (Å²) in [5, 5.41) is 24.7. The number of hydrogen-bond acceptors (Lipinski definition) is 8. The van der Waals surface area contributed by atoms with Crippen molar-refractivity contribution in [2.24, 2.45) is 0 Å². The van der Waals surface area contributed by atoms with Crippen molar-refractivity contribution in [1.82, 2.24) is 15.2 Å². The molecule has 0 radical (unpaired) electrons. The summed E-state index contributed by atoms with van der Waals surface area (Å²) in [5.74, 6) is -2.21. The highest BCUT2D eigenvalue weighted by Gasteiger charge is 2.51. The van der Waals surface area contributed by atoms with Crippen LogP contribution in [-0.2, 0) is 20.8 Å². The number of aromatic amines is 1. The quantitative estimate of drug-likeness (QED) is 0.199. The Bertz CT molecular complexity index is 1530. The first-order valence-electron chi connectivity index (χ1n) is 13.8. The molecule has 4 atom stereocenters. The molecule has 220 valence electrons. The van der Waals surface area contributed by atoms with Crippen LogP contribution in [0.2, 0.25) is 0 Å². The molecule has 2 heterocycles. The lowest BCUT2D eigenvalue weighted by Gasteiger charge is -2.40. The van der Waals surface area contributed by atoms with Crippen molar-refractivity contribution in [3.63, 3.8) is 0 Å². The van der Waals surface area contributed by atoms with Crippen molar-refractivity contribution in [3.8, 4) is 11.5 Å². The van der Waals surface area contributed by atoms with Crippen LogP contribution >= 0.6 is 0 Å². The maximum absolute atomic E-state index is 13.4. The number of fused-ring (bicyclic) bond motifs is 4. The number of carbonyl (C=O) groups is 4. The van der Waals surface area contributed by atoms with E-state index >= 15 is 0 Å². The van der Waals surface area contributed by atoms with Gasteiger partial charge >= 0.3 is 0 Å². The van der Waals surface area contributed by atoms with E-state index in [4.69, 9.17) is 9.47 Å². The molecule has 2 aliphatic rings. The number of Topliss-reactive ketones (excluding diaryl/α,β-unsaturated/α-hetero) is 1. The summed E-state index contributed by atoms with van der Waals surface area (Å²) in [4.78, 5) is 55.8. The number of amides is 2. The lowest BCUT2D eigenvalue weighted by molar-refractivity contribution is -0.148. The molecular formula is C31H33N3O8. The summed E-state index contributed by atoms with van der Waals surface area (Å²) in [5.41, 5.74) is 2.72. The Labute approximate surface area is 242 Å². The molecule has 3 aromatic rings. The third-order valence-electron chi connectivity index (χ3n) is 7.80. The van der Waals surface area contributed by atoms with Gasteiger partial charge < -0.3 is 34.9 Å². The molecule has 2 amide bonds. The number of nitrogens with one attached hydrogen (secondary N) is 2. The van der Waals surface area contributed by atoms with Gasteiger partial charge in [0.2, 0.25) is 11.7 Å². The van der Waals surface area contributed by atoms with Gasteiger partial charge in [0.05, 0.1) is 25.7 Å². The zero-order valence-electron chi connectivity index (χ0n) is 23.3. The van der Waals surface area contributed by atoms with Crippen LogP contribution in [-0.4, -0.2) is 89.0 Å². The molecule has 1 aromatic heterocycles. The Kier molecular flexibility index (Phi) is 8.41. The molecular weight excluding hydrogens is 542 g/mol. The van der Waals surface area contributed by atoms with Crippen LogP contribution in [0.25, 0.3) is 10.9 Å².